The molecule has 0 saturated heterocycles. The van der Waals surface area contributed by atoms with Crippen molar-refractivity contribution in [3.05, 3.63) is 61.9 Å². The minimum atomic E-state index is -0.867. The van der Waals surface area contributed by atoms with Crippen LogP contribution in [0, 0.1) is 15.9 Å². The van der Waals surface area contributed by atoms with Gasteiger partial charge in [0, 0.05) is 18.2 Å². The van der Waals surface area contributed by atoms with Crippen LogP contribution in [0.4, 0.5) is 14.5 Å². The number of aryl methyl sites for hydroxylation is 1. The molecular formula is C15H11ClF2N6O4. The lowest BCUT2D eigenvalue weighted by molar-refractivity contribution is -0.385. The number of alkyl halides is 1. The monoisotopic (exact) mass is 412 g/mol. The molecule has 0 spiro atoms. The Morgan fingerprint density at radius 2 is 2.07 bits per heavy atom. The summed E-state index contributed by atoms with van der Waals surface area (Å²) in [5, 5.41) is 17.7. The number of tetrazole rings is 1. The maximum absolute atomic E-state index is 14.3. The molecule has 0 saturated carbocycles. The molecular weight excluding hydrogens is 402 g/mol. The molecule has 1 aromatic carbocycles. The molecule has 0 aliphatic carbocycles. The van der Waals surface area contributed by atoms with Crippen LogP contribution in [0.3, 0.4) is 0 Å². The van der Waals surface area contributed by atoms with Gasteiger partial charge in [0.1, 0.15) is 17.6 Å². The SMILES string of the molecule is O=c1n(CCCF)nnn1-c1cc(Oc2ccc([N+](=O)[O-])cn2)c(Cl)cc1F. The first-order valence-electron chi connectivity index (χ1n) is 7.77. The van der Waals surface area contributed by atoms with Crippen molar-refractivity contribution in [1.82, 2.24) is 24.8 Å². The lowest BCUT2D eigenvalue weighted by Crippen LogP contribution is -2.25. The molecule has 13 heteroatoms. The number of hydrogen-bond acceptors (Lipinski definition) is 7. The van der Waals surface area contributed by atoms with E-state index >= 15 is 0 Å². The Morgan fingerprint density at radius 1 is 1.29 bits per heavy atom. The van der Waals surface area contributed by atoms with Gasteiger partial charge in [-0.2, -0.15) is 9.36 Å². The summed E-state index contributed by atoms with van der Waals surface area (Å²) in [5.41, 5.74) is -1.30. The molecule has 3 aromatic rings. The van der Waals surface area contributed by atoms with E-state index in [9.17, 15) is 23.7 Å². The van der Waals surface area contributed by atoms with Gasteiger partial charge in [-0.1, -0.05) is 11.6 Å². The second kappa shape index (κ2) is 8.08. The van der Waals surface area contributed by atoms with Crippen molar-refractivity contribution in [3.8, 4) is 17.3 Å². The predicted octanol–water partition coefficient (Wildman–Crippen LogP) is 2.68. The molecule has 0 unspecified atom stereocenters. The third kappa shape index (κ3) is 3.96. The fourth-order valence-corrected chi connectivity index (χ4v) is 2.38. The molecule has 0 N–H and O–H groups in total. The zero-order chi connectivity index (χ0) is 20.3. The zero-order valence-electron chi connectivity index (χ0n) is 14.0. The number of benzene rings is 1. The topological polar surface area (TPSA) is 118 Å². The van der Waals surface area contributed by atoms with Crippen LogP contribution in [0.15, 0.2) is 35.3 Å². The predicted molar refractivity (Wildman–Crippen MR) is 92.1 cm³/mol. The van der Waals surface area contributed by atoms with Crippen molar-refractivity contribution < 1.29 is 18.4 Å². The van der Waals surface area contributed by atoms with Gasteiger partial charge in [-0.25, -0.2) is 14.2 Å². The average molecular weight is 413 g/mol. The third-order valence-corrected chi connectivity index (χ3v) is 3.81. The van der Waals surface area contributed by atoms with Crippen LogP contribution in [-0.2, 0) is 6.54 Å². The Hall–Kier alpha value is -3.41. The van der Waals surface area contributed by atoms with E-state index in [-0.39, 0.29) is 41.0 Å². The number of aromatic nitrogens is 5. The summed E-state index contributed by atoms with van der Waals surface area (Å²) in [6.45, 7) is -0.657. The highest BCUT2D eigenvalue weighted by Gasteiger charge is 2.17. The molecule has 0 aliphatic rings. The van der Waals surface area contributed by atoms with E-state index in [1.54, 1.807) is 0 Å². The van der Waals surface area contributed by atoms with E-state index in [0.29, 0.717) is 4.68 Å². The van der Waals surface area contributed by atoms with Crippen LogP contribution in [0.25, 0.3) is 5.69 Å². The summed E-state index contributed by atoms with van der Waals surface area (Å²) in [6, 6.07) is 4.42. The maximum Gasteiger partial charge on any atom is 0.368 e. The Balaban J connectivity index is 1.94. The normalized spacial score (nSPS) is 10.8. The van der Waals surface area contributed by atoms with Crippen molar-refractivity contribution in [2.75, 3.05) is 6.67 Å². The van der Waals surface area contributed by atoms with Gasteiger partial charge in [-0.3, -0.25) is 14.5 Å². The summed E-state index contributed by atoms with van der Waals surface area (Å²) in [6.07, 6.45) is 1.04. The molecule has 0 aliphatic heterocycles. The lowest BCUT2D eigenvalue weighted by atomic mass is 10.3. The quantitative estimate of drug-likeness (QED) is 0.432. The highest BCUT2D eigenvalue weighted by Crippen LogP contribution is 2.32. The molecule has 0 atom stereocenters. The number of ether oxygens (including phenoxy) is 1. The van der Waals surface area contributed by atoms with Gasteiger partial charge in [0.15, 0.2) is 5.82 Å². The highest BCUT2D eigenvalue weighted by atomic mass is 35.5. The summed E-state index contributed by atoms with van der Waals surface area (Å²) >= 11 is 5.96. The van der Waals surface area contributed by atoms with E-state index in [1.165, 1.54) is 12.1 Å². The maximum atomic E-state index is 14.3. The number of pyridine rings is 1. The average Bonchev–Trinajstić information content (AvgIpc) is 3.03. The van der Waals surface area contributed by atoms with E-state index in [4.69, 9.17) is 16.3 Å². The Kier molecular flexibility index (Phi) is 5.59. The van der Waals surface area contributed by atoms with Crippen LogP contribution in [0.2, 0.25) is 5.02 Å². The van der Waals surface area contributed by atoms with Crippen molar-refractivity contribution in [3.63, 3.8) is 0 Å². The lowest BCUT2D eigenvalue weighted by Gasteiger charge is -2.09. The largest absolute Gasteiger partial charge is 0.437 e. The number of nitro groups is 1. The van der Waals surface area contributed by atoms with Crippen LogP contribution < -0.4 is 10.4 Å². The second-order valence-corrected chi connectivity index (χ2v) is 5.79. The first kappa shape index (κ1) is 19.4. The molecule has 146 valence electrons. The Labute approximate surface area is 160 Å². The minimum absolute atomic E-state index is 0.0133. The highest BCUT2D eigenvalue weighted by molar-refractivity contribution is 6.32. The molecule has 0 radical (unpaired) electrons. The fourth-order valence-electron chi connectivity index (χ4n) is 2.19. The van der Waals surface area contributed by atoms with E-state index in [0.717, 1.165) is 23.0 Å². The summed E-state index contributed by atoms with van der Waals surface area (Å²) in [4.78, 5) is 26.0. The van der Waals surface area contributed by atoms with E-state index in [1.807, 2.05) is 0 Å². The molecule has 2 heterocycles. The van der Waals surface area contributed by atoms with Gasteiger partial charge in [-0.15, -0.1) is 0 Å². The third-order valence-electron chi connectivity index (χ3n) is 3.52. The number of hydrogen-bond donors (Lipinski definition) is 0. The van der Waals surface area contributed by atoms with Crippen LogP contribution in [0.5, 0.6) is 11.6 Å². The molecule has 0 bridgehead atoms. The van der Waals surface area contributed by atoms with Gasteiger partial charge in [0.2, 0.25) is 5.88 Å². The van der Waals surface area contributed by atoms with Crippen molar-refractivity contribution >= 4 is 17.3 Å². The van der Waals surface area contributed by atoms with E-state index in [2.05, 4.69) is 15.4 Å². The number of halogens is 3. The van der Waals surface area contributed by atoms with Crippen LogP contribution in [0.1, 0.15) is 6.42 Å². The standard InChI is InChI=1S/C15H11ClF2N6O4/c16-10-6-11(18)12(23-15(25)22(20-21-23)5-1-4-17)7-13(10)28-14-3-2-9(8-19-14)24(26)27/h2-3,6-8H,1,4-5H2. The van der Waals surface area contributed by atoms with Crippen molar-refractivity contribution in [2.24, 2.45) is 0 Å². The van der Waals surface area contributed by atoms with Gasteiger partial charge in [0.05, 0.1) is 23.2 Å². The zero-order valence-corrected chi connectivity index (χ0v) is 14.7. The summed E-state index contributed by atoms with van der Waals surface area (Å²) < 4.78 is 33.6. The summed E-state index contributed by atoms with van der Waals surface area (Å²) in [7, 11) is 0. The molecule has 2 aromatic heterocycles. The molecule has 0 amide bonds. The number of nitrogens with zero attached hydrogens (tertiary/aromatic N) is 6. The van der Waals surface area contributed by atoms with Crippen LogP contribution >= 0.6 is 11.6 Å². The van der Waals surface area contributed by atoms with Crippen molar-refractivity contribution in [2.45, 2.75) is 13.0 Å². The van der Waals surface area contributed by atoms with Crippen molar-refractivity contribution in [1.29, 1.82) is 0 Å². The molecule has 28 heavy (non-hydrogen) atoms. The smallest absolute Gasteiger partial charge is 0.368 e. The van der Waals surface area contributed by atoms with Gasteiger partial charge < -0.3 is 4.74 Å². The Bertz CT molecular complexity index is 1070. The first-order valence-corrected chi connectivity index (χ1v) is 8.15. The minimum Gasteiger partial charge on any atom is -0.437 e. The van der Waals surface area contributed by atoms with E-state index < -0.39 is 23.1 Å². The molecule has 3 rings (SSSR count). The molecule has 0 fully saturated rings. The van der Waals surface area contributed by atoms with Gasteiger partial charge in [0.25, 0.3) is 5.69 Å². The Morgan fingerprint density at radius 3 is 2.71 bits per heavy atom. The second-order valence-electron chi connectivity index (χ2n) is 5.39. The number of rotatable bonds is 7. The van der Waals surface area contributed by atoms with Gasteiger partial charge >= 0.3 is 5.69 Å². The van der Waals surface area contributed by atoms with Crippen LogP contribution in [-0.4, -0.2) is 36.4 Å². The molecule has 10 nitrogen and oxygen atoms in total. The fraction of sp³-hybridized carbons (Fsp3) is 0.200. The van der Waals surface area contributed by atoms with Gasteiger partial charge in [-0.05, 0) is 22.9 Å². The summed E-state index contributed by atoms with van der Waals surface area (Å²) in [5.74, 6) is -0.970. The first-order chi connectivity index (χ1) is 13.4.